The molecule has 1 aromatic rings. The molecule has 0 aliphatic carbocycles. The van der Waals surface area contributed by atoms with E-state index in [0.717, 1.165) is 19.3 Å². The summed E-state index contributed by atoms with van der Waals surface area (Å²) in [5.74, 6) is 0.754. The third kappa shape index (κ3) is 3.31. The van der Waals surface area contributed by atoms with Crippen molar-refractivity contribution in [3.05, 3.63) is 17.1 Å². The van der Waals surface area contributed by atoms with Crippen LogP contribution in [0.4, 0.5) is 0 Å². The van der Waals surface area contributed by atoms with Crippen LogP contribution in [0.3, 0.4) is 0 Å². The zero-order valence-corrected chi connectivity index (χ0v) is 13.6. The highest BCUT2D eigenvalue weighted by Gasteiger charge is 2.31. The van der Waals surface area contributed by atoms with Crippen molar-refractivity contribution >= 4 is 10.0 Å². The van der Waals surface area contributed by atoms with Gasteiger partial charge < -0.3 is 14.3 Å². The third-order valence-corrected chi connectivity index (χ3v) is 5.91. The molecule has 1 aliphatic heterocycles. The number of hydrogen-bond acceptors (Lipinski definition) is 5. The smallest absolute Gasteiger partial charge is 0.246 e. The first-order valence-electron chi connectivity index (χ1n) is 7.15. The van der Waals surface area contributed by atoms with E-state index in [1.807, 2.05) is 0 Å². The fourth-order valence-electron chi connectivity index (χ4n) is 2.72. The van der Waals surface area contributed by atoms with Crippen LogP contribution >= 0.6 is 0 Å². The molecule has 6 nitrogen and oxygen atoms in total. The van der Waals surface area contributed by atoms with E-state index in [2.05, 4.69) is 0 Å². The van der Waals surface area contributed by atoms with Crippen molar-refractivity contribution in [2.75, 3.05) is 20.2 Å². The number of aryl methyl sites for hydroxylation is 2. The Morgan fingerprint density at radius 3 is 2.57 bits per heavy atom. The highest BCUT2D eigenvalue weighted by Crippen LogP contribution is 2.29. The molecular formula is C14H23NO5S. The lowest BCUT2D eigenvalue weighted by atomic mass is 10.1. The molecule has 1 aromatic heterocycles. The second-order valence-corrected chi connectivity index (χ2v) is 7.44. The largest absolute Gasteiger partial charge is 0.465 e. The van der Waals surface area contributed by atoms with Gasteiger partial charge >= 0.3 is 0 Å². The predicted molar refractivity (Wildman–Crippen MR) is 77.5 cm³/mol. The number of aliphatic hydroxyl groups excluding tert-OH is 1. The molecule has 0 bridgehead atoms. The third-order valence-electron chi connectivity index (χ3n) is 3.89. The SMILES string of the molecule is Cc1oc(C)c(S(=O)(=O)N(C)CC2CCCCO2)c1CO. The Kier molecular flexibility index (Phi) is 5.08. The van der Waals surface area contributed by atoms with E-state index >= 15 is 0 Å². The van der Waals surface area contributed by atoms with Crippen molar-refractivity contribution < 1.29 is 22.7 Å². The second-order valence-electron chi connectivity index (χ2n) is 5.45. The Bertz CT molecular complexity index is 587. The van der Waals surface area contributed by atoms with Crippen molar-refractivity contribution in [1.29, 1.82) is 0 Å². The summed E-state index contributed by atoms with van der Waals surface area (Å²) < 4.78 is 37.7. The van der Waals surface area contributed by atoms with E-state index in [1.165, 1.54) is 11.4 Å². The quantitative estimate of drug-likeness (QED) is 0.892. The Morgan fingerprint density at radius 2 is 2.00 bits per heavy atom. The van der Waals surface area contributed by atoms with Crippen LogP contribution in [0.25, 0.3) is 0 Å². The van der Waals surface area contributed by atoms with Crippen molar-refractivity contribution in [3.63, 3.8) is 0 Å². The number of hydrogen-bond donors (Lipinski definition) is 1. The number of nitrogens with zero attached hydrogens (tertiary/aromatic N) is 1. The van der Waals surface area contributed by atoms with Gasteiger partial charge in [-0.25, -0.2) is 8.42 Å². The van der Waals surface area contributed by atoms with Gasteiger partial charge in [0.25, 0.3) is 0 Å². The lowest BCUT2D eigenvalue weighted by Crippen LogP contribution is -2.37. The molecule has 2 rings (SSSR count). The van der Waals surface area contributed by atoms with Gasteiger partial charge in [0, 0.05) is 25.8 Å². The Morgan fingerprint density at radius 1 is 1.29 bits per heavy atom. The fourth-order valence-corrected chi connectivity index (χ4v) is 4.32. The topological polar surface area (TPSA) is 80.0 Å². The van der Waals surface area contributed by atoms with Gasteiger partial charge in [0.05, 0.1) is 12.7 Å². The summed E-state index contributed by atoms with van der Waals surface area (Å²) in [5.41, 5.74) is 0.337. The Balaban J connectivity index is 2.24. The van der Waals surface area contributed by atoms with E-state index in [0.29, 0.717) is 30.2 Å². The van der Waals surface area contributed by atoms with Gasteiger partial charge in [-0.1, -0.05) is 0 Å². The van der Waals surface area contributed by atoms with Crippen LogP contribution < -0.4 is 0 Å². The first-order valence-corrected chi connectivity index (χ1v) is 8.59. The molecule has 0 aromatic carbocycles. The maximum absolute atomic E-state index is 12.7. The molecule has 1 N–H and O–H groups in total. The Hall–Kier alpha value is -0.890. The molecule has 0 spiro atoms. The van der Waals surface area contributed by atoms with Crippen LogP contribution in [0, 0.1) is 13.8 Å². The van der Waals surface area contributed by atoms with Gasteiger partial charge in [-0.3, -0.25) is 0 Å². The number of rotatable bonds is 5. The van der Waals surface area contributed by atoms with E-state index < -0.39 is 10.0 Å². The summed E-state index contributed by atoms with van der Waals surface area (Å²) in [6.45, 7) is 3.90. The minimum atomic E-state index is -3.69. The van der Waals surface area contributed by atoms with Crippen LogP contribution in [-0.4, -0.2) is 44.1 Å². The zero-order valence-electron chi connectivity index (χ0n) is 12.8. The second kappa shape index (κ2) is 6.48. The number of likely N-dealkylation sites (N-methyl/N-ethyl adjacent to an activating group) is 1. The molecule has 7 heteroatoms. The van der Waals surface area contributed by atoms with E-state index in [1.54, 1.807) is 13.8 Å². The molecule has 120 valence electrons. The van der Waals surface area contributed by atoms with E-state index in [4.69, 9.17) is 9.15 Å². The zero-order chi connectivity index (χ0) is 15.6. The van der Waals surface area contributed by atoms with Crippen LogP contribution in [0.1, 0.15) is 36.3 Å². The number of aliphatic hydroxyl groups is 1. The van der Waals surface area contributed by atoms with Gasteiger partial charge in [-0.15, -0.1) is 0 Å². The predicted octanol–water partition coefficient (Wildman–Crippen LogP) is 1.58. The summed E-state index contributed by atoms with van der Waals surface area (Å²) in [7, 11) is -2.15. The lowest BCUT2D eigenvalue weighted by Gasteiger charge is -2.27. The average molecular weight is 317 g/mol. The molecule has 1 saturated heterocycles. The van der Waals surface area contributed by atoms with Gasteiger partial charge in [-0.2, -0.15) is 4.31 Å². The molecule has 1 aliphatic rings. The highest BCUT2D eigenvalue weighted by molar-refractivity contribution is 7.89. The lowest BCUT2D eigenvalue weighted by molar-refractivity contribution is 0.00857. The normalized spacial score (nSPS) is 20.1. The summed E-state index contributed by atoms with van der Waals surface area (Å²) in [5, 5.41) is 9.41. The summed E-state index contributed by atoms with van der Waals surface area (Å²) in [6.07, 6.45) is 2.90. The summed E-state index contributed by atoms with van der Waals surface area (Å²) >= 11 is 0. The average Bonchev–Trinajstić information content (AvgIpc) is 2.74. The van der Waals surface area contributed by atoms with Gasteiger partial charge in [0.1, 0.15) is 16.4 Å². The molecule has 1 unspecified atom stereocenters. The molecule has 0 amide bonds. The maximum Gasteiger partial charge on any atom is 0.246 e. The van der Waals surface area contributed by atoms with Crippen molar-refractivity contribution in [2.45, 2.75) is 50.7 Å². The van der Waals surface area contributed by atoms with Crippen LogP contribution in [0.5, 0.6) is 0 Å². The Labute approximate surface area is 125 Å². The first kappa shape index (κ1) is 16.5. The molecule has 2 heterocycles. The van der Waals surface area contributed by atoms with Crippen molar-refractivity contribution in [1.82, 2.24) is 4.31 Å². The molecular weight excluding hydrogens is 294 g/mol. The van der Waals surface area contributed by atoms with Crippen LogP contribution in [0.15, 0.2) is 9.31 Å². The summed E-state index contributed by atoms with van der Waals surface area (Å²) in [4.78, 5) is 0.0841. The minimum Gasteiger partial charge on any atom is -0.465 e. The number of ether oxygens (including phenoxy) is 1. The van der Waals surface area contributed by atoms with Gasteiger partial charge in [0.2, 0.25) is 10.0 Å². The fraction of sp³-hybridized carbons (Fsp3) is 0.714. The molecule has 1 atom stereocenters. The summed E-state index contributed by atoms with van der Waals surface area (Å²) in [6, 6.07) is 0. The number of furan rings is 1. The van der Waals surface area contributed by atoms with Gasteiger partial charge in [0.15, 0.2) is 0 Å². The van der Waals surface area contributed by atoms with E-state index in [-0.39, 0.29) is 17.6 Å². The monoisotopic (exact) mass is 317 g/mol. The highest BCUT2D eigenvalue weighted by atomic mass is 32.2. The van der Waals surface area contributed by atoms with Crippen molar-refractivity contribution in [2.24, 2.45) is 0 Å². The maximum atomic E-state index is 12.7. The van der Waals surface area contributed by atoms with Crippen molar-refractivity contribution in [3.8, 4) is 0 Å². The van der Waals surface area contributed by atoms with Crippen LogP contribution in [0.2, 0.25) is 0 Å². The first-order chi connectivity index (χ1) is 9.87. The van der Waals surface area contributed by atoms with E-state index in [9.17, 15) is 13.5 Å². The minimum absolute atomic E-state index is 0.0654. The molecule has 21 heavy (non-hydrogen) atoms. The standard InChI is InChI=1S/C14H23NO5S/c1-10-13(9-16)14(11(2)20-10)21(17,18)15(3)8-12-6-4-5-7-19-12/h12,16H,4-9H2,1-3H3. The molecule has 0 radical (unpaired) electrons. The molecule has 1 fully saturated rings. The van der Waals surface area contributed by atoms with Crippen LogP contribution in [-0.2, 0) is 21.4 Å². The van der Waals surface area contributed by atoms with Gasteiger partial charge in [-0.05, 0) is 33.1 Å². The molecule has 0 saturated carbocycles. The number of sulfonamides is 1.